The second-order valence-corrected chi connectivity index (χ2v) is 7.66. The molecule has 1 saturated carbocycles. The number of nitrogens with zero attached hydrogens (tertiary/aromatic N) is 1. The molecule has 0 aromatic carbocycles. The largest absolute Gasteiger partial charge is 0.214 e. The van der Waals surface area contributed by atoms with Crippen molar-refractivity contribution in [3.63, 3.8) is 0 Å². The van der Waals surface area contributed by atoms with Gasteiger partial charge in [-0.3, -0.25) is 0 Å². The van der Waals surface area contributed by atoms with Gasteiger partial charge in [0.25, 0.3) is 0 Å². The first-order chi connectivity index (χ1) is 7.58. The van der Waals surface area contributed by atoms with Crippen molar-refractivity contribution in [2.45, 2.75) is 43.9 Å². The lowest BCUT2D eigenvalue weighted by molar-refractivity contribution is 0.376. The molecule has 2 rings (SSSR count). The van der Waals surface area contributed by atoms with E-state index in [9.17, 15) is 8.42 Å². The van der Waals surface area contributed by atoms with Gasteiger partial charge in [-0.2, -0.15) is 0 Å². The van der Waals surface area contributed by atoms with Gasteiger partial charge >= 0.3 is 0 Å². The Hall–Kier alpha value is 0.200. The molecule has 2 aliphatic rings. The monoisotopic (exact) mass is 265 g/mol. The first-order valence-corrected chi connectivity index (χ1v) is 8.24. The number of halogens is 1. The topological polar surface area (TPSA) is 37.4 Å². The highest BCUT2D eigenvalue weighted by atomic mass is 35.5. The van der Waals surface area contributed by atoms with Gasteiger partial charge in [0.15, 0.2) is 0 Å². The molecular formula is C11H20ClNO2S. The summed E-state index contributed by atoms with van der Waals surface area (Å²) in [5.74, 6) is 0.726. The lowest BCUT2D eigenvalue weighted by Gasteiger charge is -2.24. The molecule has 2 fully saturated rings. The molecule has 0 aromatic heterocycles. The van der Waals surface area contributed by atoms with E-state index < -0.39 is 10.0 Å². The normalized spacial score (nSPS) is 29.7. The highest BCUT2D eigenvalue weighted by molar-refractivity contribution is 7.89. The second kappa shape index (κ2) is 5.23. The van der Waals surface area contributed by atoms with E-state index in [0.29, 0.717) is 24.8 Å². The zero-order valence-corrected chi connectivity index (χ0v) is 11.1. The first kappa shape index (κ1) is 12.7. The Kier molecular flexibility index (Phi) is 4.14. The molecule has 5 heteroatoms. The van der Waals surface area contributed by atoms with Gasteiger partial charge in [-0.05, 0) is 25.2 Å². The molecule has 1 heterocycles. The van der Waals surface area contributed by atoms with Gasteiger partial charge in [0.05, 0.1) is 5.75 Å². The van der Waals surface area contributed by atoms with Crippen molar-refractivity contribution >= 4 is 21.6 Å². The van der Waals surface area contributed by atoms with Crippen LogP contribution < -0.4 is 0 Å². The van der Waals surface area contributed by atoms with Crippen LogP contribution in [0.25, 0.3) is 0 Å². The third kappa shape index (κ3) is 3.11. The van der Waals surface area contributed by atoms with Crippen LogP contribution in [-0.2, 0) is 10.0 Å². The Balaban J connectivity index is 1.91. The van der Waals surface area contributed by atoms with E-state index in [2.05, 4.69) is 0 Å². The number of rotatable bonds is 3. The molecule has 0 N–H and O–H groups in total. The van der Waals surface area contributed by atoms with Crippen molar-refractivity contribution in [2.24, 2.45) is 5.92 Å². The van der Waals surface area contributed by atoms with Crippen LogP contribution >= 0.6 is 11.6 Å². The van der Waals surface area contributed by atoms with E-state index in [1.165, 1.54) is 19.3 Å². The van der Waals surface area contributed by atoms with Crippen LogP contribution in [-0.4, -0.2) is 36.9 Å². The van der Waals surface area contributed by atoms with Crippen LogP contribution in [0.4, 0.5) is 0 Å². The number of hydrogen-bond donors (Lipinski definition) is 0. The van der Waals surface area contributed by atoms with Gasteiger partial charge in [0, 0.05) is 18.5 Å². The van der Waals surface area contributed by atoms with Crippen LogP contribution in [0.2, 0.25) is 0 Å². The second-order valence-electron chi connectivity index (χ2n) is 5.03. The summed E-state index contributed by atoms with van der Waals surface area (Å²) >= 11 is 5.95. The minimum Gasteiger partial charge on any atom is -0.212 e. The highest BCUT2D eigenvalue weighted by Gasteiger charge is 2.32. The smallest absolute Gasteiger partial charge is 0.212 e. The van der Waals surface area contributed by atoms with Gasteiger partial charge in [0.2, 0.25) is 10.0 Å². The van der Waals surface area contributed by atoms with Crippen LogP contribution in [0.15, 0.2) is 0 Å². The van der Waals surface area contributed by atoms with Crippen molar-refractivity contribution in [3.8, 4) is 0 Å². The Bertz CT molecular complexity index is 325. The predicted molar refractivity (Wildman–Crippen MR) is 66.2 cm³/mol. The molecule has 0 spiro atoms. The van der Waals surface area contributed by atoms with Gasteiger partial charge in [0.1, 0.15) is 0 Å². The maximum Gasteiger partial charge on any atom is 0.214 e. The first-order valence-electron chi connectivity index (χ1n) is 6.20. The molecule has 0 aromatic rings. The number of sulfonamides is 1. The highest BCUT2D eigenvalue weighted by Crippen LogP contribution is 2.27. The predicted octanol–water partition coefficient (Wildman–Crippen LogP) is 2.21. The Morgan fingerprint density at radius 1 is 1.12 bits per heavy atom. The summed E-state index contributed by atoms with van der Waals surface area (Å²) in [6, 6.07) is 0. The third-order valence-electron chi connectivity index (χ3n) is 3.66. The zero-order valence-electron chi connectivity index (χ0n) is 9.57. The van der Waals surface area contributed by atoms with Crippen molar-refractivity contribution in [2.75, 3.05) is 18.8 Å². The molecule has 0 amide bonds. The van der Waals surface area contributed by atoms with E-state index in [1.54, 1.807) is 4.31 Å². The van der Waals surface area contributed by atoms with E-state index in [1.807, 2.05) is 0 Å². The maximum absolute atomic E-state index is 12.1. The fraction of sp³-hybridized carbons (Fsp3) is 1.00. The fourth-order valence-corrected chi connectivity index (χ4v) is 4.97. The van der Waals surface area contributed by atoms with E-state index in [4.69, 9.17) is 11.6 Å². The summed E-state index contributed by atoms with van der Waals surface area (Å²) in [5, 5.41) is 0.0149. The average Bonchev–Trinajstić information content (AvgIpc) is 2.66. The molecule has 1 aliphatic carbocycles. The fourth-order valence-electron chi connectivity index (χ4n) is 2.70. The molecule has 0 radical (unpaired) electrons. The molecule has 3 nitrogen and oxygen atoms in total. The third-order valence-corrected chi connectivity index (χ3v) is 6.03. The van der Waals surface area contributed by atoms with Gasteiger partial charge in [-0.1, -0.05) is 19.3 Å². The van der Waals surface area contributed by atoms with Crippen molar-refractivity contribution in [1.29, 1.82) is 0 Å². The summed E-state index contributed by atoms with van der Waals surface area (Å²) in [5.41, 5.74) is 0. The van der Waals surface area contributed by atoms with Crippen LogP contribution in [0.3, 0.4) is 0 Å². The van der Waals surface area contributed by atoms with Gasteiger partial charge in [-0.15, -0.1) is 11.6 Å². The molecule has 0 bridgehead atoms. The van der Waals surface area contributed by atoms with Crippen molar-refractivity contribution in [1.82, 2.24) is 4.31 Å². The summed E-state index contributed by atoms with van der Waals surface area (Å²) < 4.78 is 25.8. The molecule has 1 atom stereocenters. The number of alkyl halides is 1. The molecule has 1 unspecified atom stereocenters. The molecule has 1 saturated heterocycles. The number of hydrogen-bond acceptors (Lipinski definition) is 2. The van der Waals surface area contributed by atoms with Crippen LogP contribution in [0.5, 0.6) is 0 Å². The standard InChI is InChI=1S/C11H20ClNO2S/c12-11-6-7-13(8-11)16(14,15)9-10-4-2-1-3-5-10/h10-11H,1-9H2. The summed E-state index contributed by atoms with van der Waals surface area (Å²) in [4.78, 5) is 0. The zero-order chi connectivity index (χ0) is 11.6. The van der Waals surface area contributed by atoms with Gasteiger partial charge in [-0.25, -0.2) is 12.7 Å². The summed E-state index contributed by atoms with van der Waals surface area (Å²) in [6.07, 6.45) is 6.61. The van der Waals surface area contributed by atoms with E-state index in [-0.39, 0.29) is 5.38 Å². The molecular weight excluding hydrogens is 246 g/mol. The summed E-state index contributed by atoms with van der Waals surface area (Å²) in [6.45, 7) is 1.12. The molecule has 16 heavy (non-hydrogen) atoms. The lowest BCUT2D eigenvalue weighted by atomic mass is 9.91. The Labute approximate surface area is 103 Å². The van der Waals surface area contributed by atoms with Gasteiger partial charge < -0.3 is 0 Å². The average molecular weight is 266 g/mol. The van der Waals surface area contributed by atoms with Crippen molar-refractivity contribution < 1.29 is 8.42 Å². The minimum absolute atomic E-state index is 0.0149. The van der Waals surface area contributed by atoms with Crippen LogP contribution in [0, 0.1) is 5.92 Å². The summed E-state index contributed by atoms with van der Waals surface area (Å²) in [7, 11) is -3.04. The molecule has 94 valence electrons. The Morgan fingerprint density at radius 2 is 1.81 bits per heavy atom. The SMILES string of the molecule is O=S(=O)(CC1CCCCC1)N1CCC(Cl)C1. The minimum atomic E-state index is -3.04. The quantitative estimate of drug-likeness (QED) is 0.734. The van der Waals surface area contributed by atoms with E-state index >= 15 is 0 Å². The van der Waals surface area contributed by atoms with E-state index in [0.717, 1.165) is 19.3 Å². The maximum atomic E-state index is 12.1. The van der Waals surface area contributed by atoms with Crippen LogP contribution in [0.1, 0.15) is 38.5 Å². The molecule has 1 aliphatic heterocycles. The lowest BCUT2D eigenvalue weighted by Crippen LogP contribution is -2.34. The van der Waals surface area contributed by atoms with Crippen molar-refractivity contribution in [3.05, 3.63) is 0 Å². The Morgan fingerprint density at radius 3 is 2.38 bits per heavy atom.